The molecule has 14 heavy (non-hydrogen) atoms. The number of aromatic nitrogens is 1. The van der Waals surface area contributed by atoms with Gasteiger partial charge in [-0.05, 0) is 12.1 Å². The number of hydrogen-bond acceptors (Lipinski definition) is 3. The van der Waals surface area contributed by atoms with Crippen molar-refractivity contribution in [3.63, 3.8) is 0 Å². The first-order chi connectivity index (χ1) is 6.50. The minimum absolute atomic E-state index is 0.00722. The summed E-state index contributed by atoms with van der Waals surface area (Å²) in [4.78, 5) is 3.77. The average molecular weight is 235 g/mol. The van der Waals surface area contributed by atoms with Crippen molar-refractivity contribution in [1.29, 1.82) is 0 Å². The van der Waals surface area contributed by atoms with E-state index < -0.39 is 10.0 Å². The fourth-order valence-corrected chi connectivity index (χ4v) is 2.51. The number of halogens is 1. The first kappa shape index (κ1) is 11.4. The maximum Gasteiger partial charge on any atom is 0.245 e. The fourth-order valence-electron chi connectivity index (χ4n) is 0.902. The topological polar surface area (TPSA) is 50.3 Å². The second-order valence-corrected chi connectivity index (χ2v) is 5.08. The van der Waals surface area contributed by atoms with Gasteiger partial charge in [-0.15, -0.1) is 0 Å². The third kappa shape index (κ3) is 2.05. The maximum atomic E-state index is 11.8. The molecule has 0 radical (unpaired) electrons. The first-order valence-corrected chi connectivity index (χ1v) is 5.88. The van der Waals surface area contributed by atoms with Crippen LogP contribution >= 0.6 is 11.6 Å². The van der Waals surface area contributed by atoms with Crippen LogP contribution in [0.15, 0.2) is 23.2 Å². The Kier molecular flexibility index (Phi) is 3.47. The molecule has 0 aliphatic heterocycles. The van der Waals surface area contributed by atoms with Gasteiger partial charge < -0.3 is 0 Å². The first-order valence-electron chi connectivity index (χ1n) is 4.07. The van der Waals surface area contributed by atoms with Gasteiger partial charge in [-0.1, -0.05) is 18.5 Å². The summed E-state index contributed by atoms with van der Waals surface area (Å²) >= 11 is 5.69. The molecule has 0 unspecified atom stereocenters. The molecule has 0 atom stereocenters. The summed E-state index contributed by atoms with van der Waals surface area (Å²) in [5, 5.41) is 0.00722. The Morgan fingerprint density at radius 1 is 1.57 bits per heavy atom. The lowest BCUT2D eigenvalue weighted by molar-refractivity contribution is 0.486. The van der Waals surface area contributed by atoms with Crippen LogP contribution in [0.4, 0.5) is 0 Å². The lowest BCUT2D eigenvalue weighted by atomic mass is 10.5. The zero-order chi connectivity index (χ0) is 10.8. The highest BCUT2D eigenvalue weighted by molar-refractivity contribution is 7.89. The number of pyridine rings is 1. The van der Waals surface area contributed by atoms with Gasteiger partial charge in [0.25, 0.3) is 0 Å². The molecule has 1 heterocycles. The molecule has 0 amide bonds. The molecule has 0 aliphatic rings. The minimum Gasteiger partial charge on any atom is -0.243 e. The van der Waals surface area contributed by atoms with Crippen molar-refractivity contribution in [3.8, 4) is 0 Å². The molecule has 0 N–H and O–H groups in total. The van der Waals surface area contributed by atoms with E-state index in [-0.39, 0.29) is 10.0 Å². The highest BCUT2D eigenvalue weighted by atomic mass is 35.5. The summed E-state index contributed by atoms with van der Waals surface area (Å²) in [5.41, 5.74) is 0. The molecule has 4 nitrogen and oxygen atoms in total. The van der Waals surface area contributed by atoms with Gasteiger partial charge in [0.1, 0.15) is 10.0 Å². The number of rotatable bonds is 3. The number of nitrogens with zero attached hydrogens (tertiary/aromatic N) is 2. The van der Waals surface area contributed by atoms with E-state index in [0.717, 1.165) is 0 Å². The van der Waals surface area contributed by atoms with Gasteiger partial charge in [0.15, 0.2) is 0 Å². The van der Waals surface area contributed by atoms with E-state index in [1.165, 1.54) is 23.6 Å². The lowest BCUT2D eigenvalue weighted by Crippen LogP contribution is -2.26. The molecule has 0 saturated heterocycles. The normalized spacial score (nSPS) is 12.0. The summed E-state index contributed by atoms with van der Waals surface area (Å²) in [6.45, 7) is 2.15. The van der Waals surface area contributed by atoms with Crippen LogP contribution in [0.2, 0.25) is 5.15 Å². The Morgan fingerprint density at radius 2 is 2.21 bits per heavy atom. The quantitative estimate of drug-likeness (QED) is 0.743. The monoisotopic (exact) mass is 234 g/mol. The van der Waals surface area contributed by atoms with Crippen molar-refractivity contribution in [1.82, 2.24) is 9.29 Å². The van der Waals surface area contributed by atoms with Crippen molar-refractivity contribution in [2.24, 2.45) is 0 Å². The third-order valence-corrected chi connectivity index (χ3v) is 4.24. The van der Waals surface area contributed by atoms with E-state index >= 15 is 0 Å². The molecule has 78 valence electrons. The van der Waals surface area contributed by atoms with Gasteiger partial charge in [0, 0.05) is 19.8 Å². The zero-order valence-electron chi connectivity index (χ0n) is 7.94. The predicted molar refractivity (Wildman–Crippen MR) is 54.7 cm³/mol. The molecule has 0 spiro atoms. The molecule has 1 aromatic rings. The van der Waals surface area contributed by atoms with Crippen LogP contribution in [0.5, 0.6) is 0 Å². The number of hydrogen-bond donors (Lipinski definition) is 0. The molecule has 0 bridgehead atoms. The van der Waals surface area contributed by atoms with Crippen molar-refractivity contribution in [2.45, 2.75) is 11.8 Å². The molecular formula is C8H11ClN2O2S. The Labute approximate surface area is 88.6 Å². The van der Waals surface area contributed by atoms with Crippen LogP contribution in [0.3, 0.4) is 0 Å². The van der Waals surface area contributed by atoms with E-state index in [4.69, 9.17) is 11.6 Å². The Hall–Kier alpha value is -0.650. The van der Waals surface area contributed by atoms with Crippen LogP contribution in [-0.2, 0) is 10.0 Å². The van der Waals surface area contributed by atoms with Crippen LogP contribution in [0.1, 0.15) is 6.92 Å². The second-order valence-electron chi connectivity index (χ2n) is 2.71. The maximum absolute atomic E-state index is 11.8. The van der Waals surface area contributed by atoms with E-state index in [9.17, 15) is 8.42 Å². The Morgan fingerprint density at radius 3 is 2.71 bits per heavy atom. The Bertz CT molecular complexity index is 419. The Balaban J connectivity index is 3.24. The summed E-state index contributed by atoms with van der Waals surface area (Å²) in [6, 6.07) is 2.99. The summed E-state index contributed by atoms with van der Waals surface area (Å²) in [6.07, 6.45) is 1.45. The predicted octanol–water partition coefficient (Wildman–Crippen LogP) is 1.38. The highest BCUT2D eigenvalue weighted by Crippen LogP contribution is 2.20. The van der Waals surface area contributed by atoms with E-state index in [1.54, 1.807) is 13.0 Å². The van der Waals surface area contributed by atoms with Gasteiger partial charge in [-0.25, -0.2) is 17.7 Å². The van der Waals surface area contributed by atoms with E-state index in [1.807, 2.05) is 0 Å². The van der Waals surface area contributed by atoms with Gasteiger partial charge in [-0.2, -0.15) is 0 Å². The molecule has 6 heteroatoms. The van der Waals surface area contributed by atoms with Gasteiger partial charge >= 0.3 is 0 Å². The fraction of sp³-hybridized carbons (Fsp3) is 0.375. The molecule has 0 aliphatic carbocycles. The van der Waals surface area contributed by atoms with Crippen molar-refractivity contribution >= 4 is 21.6 Å². The van der Waals surface area contributed by atoms with Crippen molar-refractivity contribution in [3.05, 3.63) is 23.5 Å². The highest BCUT2D eigenvalue weighted by Gasteiger charge is 2.22. The SMILES string of the molecule is CCN(C)S(=O)(=O)c1cccnc1Cl. The average Bonchev–Trinajstić information content (AvgIpc) is 2.17. The lowest BCUT2D eigenvalue weighted by Gasteiger charge is -2.14. The van der Waals surface area contributed by atoms with Gasteiger partial charge in [0.05, 0.1) is 0 Å². The molecule has 0 saturated carbocycles. The summed E-state index contributed by atoms with van der Waals surface area (Å²) < 4.78 is 24.8. The molecule has 1 rings (SSSR count). The molecule has 0 fully saturated rings. The molecular weight excluding hydrogens is 224 g/mol. The van der Waals surface area contributed by atoms with Crippen molar-refractivity contribution in [2.75, 3.05) is 13.6 Å². The second kappa shape index (κ2) is 4.25. The van der Waals surface area contributed by atoms with Crippen LogP contribution in [-0.4, -0.2) is 31.3 Å². The standard InChI is InChI=1S/C8H11ClN2O2S/c1-3-11(2)14(12,13)7-5-4-6-10-8(7)9/h4-6H,3H2,1-2H3. The molecule has 1 aromatic heterocycles. The largest absolute Gasteiger partial charge is 0.245 e. The third-order valence-electron chi connectivity index (χ3n) is 1.86. The van der Waals surface area contributed by atoms with E-state index in [2.05, 4.69) is 4.98 Å². The van der Waals surface area contributed by atoms with Gasteiger partial charge in [0.2, 0.25) is 10.0 Å². The molecule has 0 aromatic carbocycles. The van der Waals surface area contributed by atoms with Crippen LogP contribution in [0, 0.1) is 0 Å². The van der Waals surface area contributed by atoms with E-state index in [0.29, 0.717) is 6.54 Å². The van der Waals surface area contributed by atoms with Crippen LogP contribution < -0.4 is 0 Å². The van der Waals surface area contributed by atoms with Crippen molar-refractivity contribution < 1.29 is 8.42 Å². The smallest absolute Gasteiger partial charge is 0.243 e. The van der Waals surface area contributed by atoms with Crippen LogP contribution in [0.25, 0.3) is 0 Å². The van der Waals surface area contributed by atoms with Gasteiger partial charge in [-0.3, -0.25) is 0 Å². The summed E-state index contributed by atoms with van der Waals surface area (Å²) in [5.74, 6) is 0. The summed E-state index contributed by atoms with van der Waals surface area (Å²) in [7, 11) is -1.98. The number of sulfonamides is 1. The zero-order valence-corrected chi connectivity index (χ0v) is 9.51. The minimum atomic E-state index is -3.48.